The molecule has 33 heavy (non-hydrogen) atoms. The highest BCUT2D eigenvalue weighted by atomic mass is 16.1. The van der Waals surface area contributed by atoms with Crippen LogP contribution >= 0.6 is 0 Å². The van der Waals surface area contributed by atoms with Crippen LogP contribution in [0.25, 0.3) is 22.3 Å². The molecule has 1 atom stereocenters. The molecule has 1 aliphatic carbocycles. The number of aryl methyl sites for hydroxylation is 1. The average molecular weight is 440 g/mol. The van der Waals surface area contributed by atoms with Crippen LogP contribution in [0.3, 0.4) is 0 Å². The second kappa shape index (κ2) is 9.15. The first-order chi connectivity index (χ1) is 16.0. The van der Waals surface area contributed by atoms with Gasteiger partial charge in [0.15, 0.2) is 0 Å². The van der Waals surface area contributed by atoms with Crippen LogP contribution in [-0.4, -0.2) is 33.6 Å². The SMILES string of the molecule is Cc1ccccc1-c1nc2ccc(C#CC3CC3)cc2c(=O)n1CC1CCCN(C(C)C)C1. The number of hydrogen-bond acceptors (Lipinski definition) is 3. The van der Waals surface area contributed by atoms with E-state index in [1.807, 2.05) is 34.9 Å². The first-order valence-corrected chi connectivity index (χ1v) is 12.4. The average Bonchev–Trinajstić information content (AvgIpc) is 3.65. The molecule has 1 aliphatic heterocycles. The van der Waals surface area contributed by atoms with E-state index in [1.54, 1.807) is 0 Å². The lowest BCUT2D eigenvalue weighted by Crippen LogP contribution is -2.42. The predicted octanol–water partition coefficient (Wildman–Crippen LogP) is 5.25. The van der Waals surface area contributed by atoms with Crippen molar-refractivity contribution in [2.75, 3.05) is 13.1 Å². The summed E-state index contributed by atoms with van der Waals surface area (Å²) >= 11 is 0. The molecule has 1 aromatic heterocycles. The van der Waals surface area contributed by atoms with E-state index in [4.69, 9.17) is 4.98 Å². The summed E-state index contributed by atoms with van der Waals surface area (Å²) in [5, 5.41) is 0.673. The Labute approximate surface area is 196 Å². The maximum Gasteiger partial charge on any atom is 0.261 e. The maximum atomic E-state index is 13.9. The quantitative estimate of drug-likeness (QED) is 0.521. The van der Waals surface area contributed by atoms with Crippen molar-refractivity contribution in [3.63, 3.8) is 0 Å². The first-order valence-electron chi connectivity index (χ1n) is 12.4. The largest absolute Gasteiger partial charge is 0.301 e. The van der Waals surface area contributed by atoms with Crippen LogP contribution in [0, 0.1) is 30.6 Å². The van der Waals surface area contributed by atoms with Crippen LogP contribution < -0.4 is 5.56 Å². The zero-order valence-electron chi connectivity index (χ0n) is 20.0. The third kappa shape index (κ3) is 4.75. The van der Waals surface area contributed by atoms with Crippen molar-refractivity contribution in [3.8, 4) is 23.2 Å². The molecule has 0 N–H and O–H groups in total. The molecule has 1 unspecified atom stereocenters. The molecule has 0 bridgehead atoms. The fraction of sp³-hybridized carbons (Fsp3) is 0.448. The first kappa shape index (κ1) is 21.9. The molecule has 0 radical (unpaired) electrons. The van der Waals surface area contributed by atoms with Crippen molar-refractivity contribution in [2.24, 2.45) is 11.8 Å². The van der Waals surface area contributed by atoms with E-state index in [9.17, 15) is 4.79 Å². The van der Waals surface area contributed by atoms with Crippen LogP contribution in [-0.2, 0) is 6.54 Å². The summed E-state index contributed by atoms with van der Waals surface area (Å²) in [5.41, 5.74) is 3.88. The van der Waals surface area contributed by atoms with Crippen molar-refractivity contribution < 1.29 is 0 Å². The van der Waals surface area contributed by atoms with Gasteiger partial charge in [0.2, 0.25) is 0 Å². The van der Waals surface area contributed by atoms with Crippen LogP contribution in [0.5, 0.6) is 0 Å². The van der Waals surface area contributed by atoms with Gasteiger partial charge in [-0.3, -0.25) is 9.36 Å². The van der Waals surface area contributed by atoms with Gasteiger partial charge in [0.05, 0.1) is 10.9 Å². The highest BCUT2D eigenvalue weighted by molar-refractivity contribution is 5.81. The second-order valence-corrected chi connectivity index (χ2v) is 10.0. The molecule has 1 saturated heterocycles. The number of hydrogen-bond donors (Lipinski definition) is 0. The third-order valence-corrected chi connectivity index (χ3v) is 7.06. The van der Waals surface area contributed by atoms with Crippen LogP contribution in [0.4, 0.5) is 0 Å². The Bertz CT molecular complexity index is 1290. The predicted molar refractivity (Wildman–Crippen MR) is 135 cm³/mol. The molecule has 3 aromatic rings. The molecule has 2 fully saturated rings. The molecule has 0 amide bonds. The second-order valence-electron chi connectivity index (χ2n) is 10.0. The molecular weight excluding hydrogens is 406 g/mol. The molecule has 1 saturated carbocycles. The molecule has 5 rings (SSSR count). The fourth-order valence-corrected chi connectivity index (χ4v) is 4.88. The Hall–Kier alpha value is -2.90. The van der Waals surface area contributed by atoms with Gasteiger partial charge < -0.3 is 4.90 Å². The number of likely N-dealkylation sites (tertiary alicyclic amines) is 1. The molecule has 4 nitrogen and oxygen atoms in total. The van der Waals surface area contributed by atoms with E-state index in [1.165, 1.54) is 19.3 Å². The van der Waals surface area contributed by atoms with Crippen molar-refractivity contribution >= 4 is 10.9 Å². The van der Waals surface area contributed by atoms with Crippen LogP contribution in [0.2, 0.25) is 0 Å². The molecule has 0 spiro atoms. The van der Waals surface area contributed by atoms with Crippen LogP contribution in [0.1, 0.15) is 50.7 Å². The zero-order chi connectivity index (χ0) is 22.9. The topological polar surface area (TPSA) is 38.1 Å². The molecular formula is C29H33N3O. The zero-order valence-corrected chi connectivity index (χ0v) is 20.0. The number of benzene rings is 2. The van der Waals surface area contributed by atoms with Crippen molar-refractivity contribution in [2.45, 2.75) is 59.0 Å². The Morgan fingerprint density at radius 2 is 1.94 bits per heavy atom. The summed E-state index contributed by atoms with van der Waals surface area (Å²) in [4.78, 5) is 21.5. The van der Waals surface area contributed by atoms with Gasteiger partial charge in [0.1, 0.15) is 5.82 Å². The van der Waals surface area contributed by atoms with E-state index in [0.29, 0.717) is 29.8 Å². The minimum absolute atomic E-state index is 0.0509. The van der Waals surface area contributed by atoms with Gasteiger partial charge in [-0.15, -0.1) is 0 Å². The van der Waals surface area contributed by atoms with E-state index < -0.39 is 0 Å². The number of aromatic nitrogens is 2. The van der Waals surface area contributed by atoms with Crippen LogP contribution in [0.15, 0.2) is 47.3 Å². The Morgan fingerprint density at radius 1 is 1.12 bits per heavy atom. The third-order valence-electron chi connectivity index (χ3n) is 7.06. The van der Waals surface area contributed by atoms with Gasteiger partial charge >= 0.3 is 0 Å². The number of fused-ring (bicyclic) bond motifs is 1. The summed E-state index contributed by atoms with van der Waals surface area (Å²) in [7, 11) is 0. The van der Waals surface area contributed by atoms with E-state index >= 15 is 0 Å². The van der Waals surface area contributed by atoms with Gasteiger partial charge in [-0.2, -0.15) is 0 Å². The minimum Gasteiger partial charge on any atom is -0.301 e. The molecule has 2 aliphatic rings. The molecule has 170 valence electrons. The highest BCUT2D eigenvalue weighted by Gasteiger charge is 2.24. The standard InChI is InChI=1S/C29H33N3O/c1-20(2)31-16-6-8-24(18-31)19-32-28(25-9-5-4-7-21(25)3)30-27-15-14-23(13-12-22-10-11-22)17-26(27)29(32)33/h4-5,7,9,14-15,17,20,22,24H,6,8,10-11,16,18-19H2,1-3H3. The lowest BCUT2D eigenvalue weighted by molar-refractivity contribution is 0.130. The van der Waals surface area contributed by atoms with Crippen molar-refractivity contribution in [1.29, 1.82) is 0 Å². The maximum absolute atomic E-state index is 13.9. The van der Waals surface area contributed by atoms with E-state index in [2.05, 4.69) is 49.6 Å². The Morgan fingerprint density at radius 3 is 2.70 bits per heavy atom. The number of nitrogens with zero attached hydrogens (tertiary/aromatic N) is 3. The summed E-state index contributed by atoms with van der Waals surface area (Å²) in [6.07, 6.45) is 4.72. The van der Waals surface area contributed by atoms with Gasteiger partial charge in [-0.25, -0.2) is 4.98 Å². The lowest BCUT2D eigenvalue weighted by Gasteiger charge is -2.36. The van der Waals surface area contributed by atoms with Crippen molar-refractivity contribution in [3.05, 3.63) is 63.9 Å². The van der Waals surface area contributed by atoms with E-state index in [0.717, 1.165) is 47.5 Å². The Kier molecular flexibility index (Phi) is 6.08. The smallest absolute Gasteiger partial charge is 0.261 e. The normalized spacial score (nSPS) is 19.0. The molecule has 4 heteroatoms. The van der Waals surface area contributed by atoms with Gasteiger partial charge in [0.25, 0.3) is 5.56 Å². The van der Waals surface area contributed by atoms with Crippen molar-refractivity contribution in [1.82, 2.24) is 14.5 Å². The summed E-state index contributed by atoms with van der Waals surface area (Å²) in [5.74, 6) is 8.34. The van der Waals surface area contributed by atoms with Gasteiger partial charge in [-0.05, 0) is 82.7 Å². The summed E-state index contributed by atoms with van der Waals surface area (Å²) < 4.78 is 1.94. The summed E-state index contributed by atoms with van der Waals surface area (Å²) in [6, 6.07) is 14.7. The highest BCUT2D eigenvalue weighted by Crippen LogP contribution is 2.28. The monoisotopic (exact) mass is 439 g/mol. The van der Waals surface area contributed by atoms with Gasteiger partial charge in [-0.1, -0.05) is 36.1 Å². The van der Waals surface area contributed by atoms with Gasteiger partial charge in [0, 0.05) is 36.2 Å². The fourth-order valence-electron chi connectivity index (χ4n) is 4.88. The minimum atomic E-state index is 0.0509. The number of rotatable bonds is 4. The molecule has 2 aromatic carbocycles. The van der Waals surface area contributed by atoms with E-state index in [-0.39, 0.29) is 5.56 Å². The lowest BCUT2D eigenvalue weighted by atomic mass is 9.96. The Balaban J connectivity index is 1.61. The summed E-state index contributed by atoms with van der Waals surface area (Å²) in [6.45, 7) is 9.49. The molecule has 2 heterocycles. The number of piperidine rings is 1.